The molecule has 2 aromatic heterocycles. The molecule has 0 fully saturated rings. The minimum Gasteiger partial charge on any atom is -0.453 e. The maximum absolute atomic E-state index is 15.0. The van der Waals surface area contributed by atoms with Crippen molar-refractivity contribution in [1.29, 1.82) is 0 Å². The third-order valence-corrected chi connectivity index (χ3v) is 7.82. The maximum Gasteiger partial charge on any atom is 0.233 e. The van der Waals surface area contributed by atoms with E-state index in [1.165, 1.54) is 17.7 Å². The van der Waals surface area contributed by atoms with E-state index in [0.717, 1.165) is 53.0 Å². The van der Waals surface area contributed by atoms with Gasteiger partial charge in [-0.15, -0.1) is 11.3 Å². The third kappa shape index (κ3) is 6.55. The Labute approximate surface area is 236 Å². The second-order valence-corrected chi connectivity index (χ2v) is 10.9. The van der Waals surface area contributed by atoms with E-state index in [4.69, 9.17) is 4.74 Å². The number of carbonyl (C=O) groups is 2. The topological polar surface area (TPSA) is 83.6 Å². The van der Waals surface area contributed by atoms with Crippen LogP contribution in [0.2, 0.25) is 0 Å². The lowest BCUT2D eigenvalue weighted by molar-refractivity contribution is -0.123. The highest BCUT2D eigenvalue weighted by Gasteiger charge is 2.17. The summed E-state index contributed by atoms with van der Waals surface area (Å²) in [4.78, 5) is 32.8. The number of pyridine rings is 1. The summed E-state index contributed by atoms with van der Waals surface area (Å²) in [6.45, 7) is 3.97. The van der Waals surface area contributed by atoms with Crippen LogP contribution in [-0.2, 0) is 16.0 Å². The number of likely N-dealkylation sites (N-methyl/N-ethyl adjacent to an activating group) is 1. The zero-order valence-electron chi connectivity index (χ0n) is 22.5. The first-order chi connectivity index (χ1) is 19.4. The highest BCUT2D eigenvalue weighted by molar-refractivity contribution is 7.20. The number of fused-ring (bicyclic) bond motifs is 1. The van der Waals surface area contributed by atoms with Crippen molar-refractivity contribution in [3.63, 3.8) is 0 Å². The predicted molar refractivity (Wildman–Crippen MR) is 158 cm³/mol. The van der Waals surface area contributed by atoms with Crippen LogP contribution < -0.4 is 15.4 Å². The zero-order valence-corrected chi connectivity index (χ0v) is 23.3. The van der Waals surface area contributed by atoms with Gasteiger partial charge in [-0.25, -0.2) is 4.39 Å². The Hall–Kier alpha value is -4.08. The van der Waals surface area contributed by atoms with Crippen LogP contribution in [0.5, 0.6) is 11.5 Å². The fourth-order valence-electron chi connectivity index (χ4n) is 4.68. The number of hydrogen-bond acceptors (Lipinski definition) is 6. The summed E-state index contributed by atoms with van der Waals surface area (Å²) in [7, 11) is 2.10. The number of nitrogens with zero attached hydrogens (tertiary/aromatic N) is 2. The van der Waals surface area contributed by atoms with Gasteiger partial charge in [-0.3, -0.25) is 14.6 Å². The average Bonchev–Trinajstić information content (AvgIpc) is 3.37. The van der Waals surface area contributed by atoms with Gasteiger partial charge in [-0.05, 0) is 55.3 Å². The number of halogens is 1. The van der Waals surface area contributed by atoms with Crippen molar-refractivity contribution in [3.05, 3.63) is 83.1 Å². The number of aromatic nitrogens is 1. The van der Waals surface area contributed by atoms with Gasteiger partial charge in [0.1, 0.15) is 12.2 Å². The lowest BCUT2D eigenvalue weighted by Crippen LogP contribution is -2.24. The van der Waals surface area contributed by atoms with Gasteiger partial charge < -0.3 is 20.3 Å². The van der Waals surface area contributed by atoms with Crippen LogP contribution in [0.1, 0.15) is 36.6 Å². The summed E-state index contributed by atoms with van der Waals surface area (Å²) in [6, 6.07) is 15.5. The second kappa shape index (κ2) is 12.4. The lowest BCUT2D eigenvalue weighted by Gasteiger charge is -2.22. The Morgan fingerprint density at radius 3 is 2.70 bits per heavy atom. The fraction of sp³-hybridized carbons (Fsp3) is 0.258. The predicted octanol–water partition coefficient (Wildman–Crippen LogP) is 6.87. The molecule has 1 aliphatic heterocycles. The molecule has 0 saturated heterocycles. The molecule has 5 rings (SSSR count). The standard InChI is InChI=1S/C31H31FN4O3S/c1-3-7-20-8-4-5-10-24(20)35-30(38)18-29(37)34-22-11-12-26(23(32)16-22)39-27-13-14-33-25-17-28(40-31(25)27)21-9-6-15-36(2)19-21/h4-5,8-14,16-17H,3,6-7,15,18-19H2,1-2H3,(H,34,37)(H,35,38). The number of carbonyl (C=O) groups excluding carboxylic acids is 2. The first kappa shape index (κ1) is 27.5. The molecule has 2 aromatic carbocycles. The first-order valence-corrected chi connectivity index (χ1v) is 14.1. The van der Waals surface area contributed by atoms with Gasteiger partial charge in [-0.1, -0.05) is 37.6 Å². The van der Waals surface area contributed by atoms with Crippen molar-refractivity contribution < 1.29 is 18.7 Å². The summed E-state index contributed by atoms with van der Waals surface area (Å²) in [5, 5.41) is 5.38. The van der Waals surface area contributed by atoms with E-state index in [1.54, 1.807) is 29.7 Å². The largest absolute Gasteiger partial charge is 0.453 e. The Bertz CT molecular complexity index is 1580. The molecule has 0 unspecified atom stereocenters. The molecule has 0 aliphatic carbocycles. The molecule has 2 amide bonds. The second-order valence-electron chi connectivity index (χ2n) is 9.82. The summed E-state index contributed by atoms with van der Waals surface area (Å²) in [6.07, 6.45) is 6.28. The first-order valence-electron chi connectivity index (χ1n) is 13.3. The molecule has 0 saturated carbocycles. The summed E-state index contributed by atoms with van der Waals surface area (Å²) in [5.41, 5.74) is 4.00. The minimum atomic E-state index is -0.630. The van der Waals surface area contributed by atoms with E-state index in [-0.39, 0.29) is 17.9 Å². The number of amides is 2. The van der Waals surface area contributed by atoms with Crippen LogP contribution in [0.15, 0.2) is 66.9 Å². The number of benzene rings is 2. The molecule has 0 radical (unpaired) electrons. The van der Waals surface area contributed by atoms with E-state index < -0.39 is 17.6 Å². The molecule has 40 heavy (non-hydrogen) atoms. The molecule has 3 heterocycles. The number of ether oxygens (including phenoxy) is 1. The van der Waals surface area contributed by atoms with Gasteiger partial charge in [0.25, 0.3) is 0 Å². The van der Waals surface area contributed by atoms with E-state index in [0.29, 0.717) is 11.4 Å². The van der Waals surface area contributed by atoms with E-state index >= 15 is 4.39 Å². The third-order valence-electron chi connectivity index (χ3n) is 6.60. The number of nitrogens with one attached hydrogen (secondary N) is 2. The highest BCUT2D eigenvalue weighted by Crippen LogP contribution is 2.39. The summed E-state index contributed by atoms with van der Waals surface area (Å²) < 4.78 is 21.8. The van der Waals surface area contributed by atoms with Gasteiger partial charge >= 0.3 is 0 Å². The van der Waals surface area contributed by atoms with Crippen LogP contribution in [0.4, 0.5) is 15.8 Å². The van der Waals surface area contributed by atoms with Crippen molar-refractivity contribution in [1.82, 2.24) is 9.88 Å². The molecule has 2 N–H and O–H groups in total. The van der Waals surface area contributed by atoms with Gasteiger partial charge in [0, 0.05) is 47.7 Å². The van der Waals surface area contributed by atoms with Crippen molar-refractivity contribution in [2.45, 2.75) is 32.6 Å². The number of hydrogen-bond donors (Lipinski definition) is 2. The van der Waals surface area contributed by atoms with Crippen molar-refractivity contribution in [2.24, 2.45) is 0 Å². The van der Waals surface area contributed by atoms with Crippen molar-refractivity contribution in [3.8, 4) is 11.5 Å². The van der Waals surface area contributed by atoms with Crippen LogP contribution in [-0.4, -0.2) is 41.8 Å². The number of rotatable bonds is 9. The highest BCUT2D eigenvalue weighted by atomic mass is 32.1. The monoisotopic (exact) mass is 558 g/mol. The summed E-state index contributed by atoms with van der Waals surface area (Å²) >= 11 is 1.58. The van der Waals surface area contributed by atoms with Crippen molar-refractivity contribution in [2.75, 3.05) is 30.8 Å². The maximum atomic E-state index is 15.0. The zero-order chi connectivity index (χ0) is 28.1. The number of para-hydroxylation sites is 1. The Morgan fingerprint density at radius 2 is 1.90 bits per heavy atom. The van der Waals surface area contributed by atoms with Gasteiger partial charge in [0.15, 0.2) is 11.6 Å². The van der Waals surface area contributed by atoms with Gasteiger partial charge in [0.05, 0.1) is 10.2 Å². The Morgan fingerprint density at radius 1 is 1.07 bits per heavy atom. The van der Waals surface area contributed by atoms with Gasteiger partial charge in [0.2, 0.25) is 11.8 Å². The molecular formula is C31H31FN4O3S. The number of thiophene rings is 1. The normalized spacial score (nSPS) is 13.6. The van der Waals surface area contributed by atoms with Crippen LogP contribution in [0.3, 0.4) is 0 Å². The van der Waals surface area contributed by atoms with E-state index in [9.17, 15) is 9.59 Å². The molecular weight excluding hydrogens is 527 g/mol. The van der Waals surface area contributed by atoms with Crippen LogP contribution >= 0.6 is 11.3 Å². The molecule has 1 aliphatic rings. The molecule has 206 valence electrons. The quantitative estimate of drug-likeness (QED) is 0.219. The van der Waals surface area contributed by atoms with Crippen molar-refractivity contribution >= 4 is 50.3 Å². The van der Waals surface area contributed by atoms with E-state index in [1.807, 2.05) is 30.3 Å². The molecule has 4 aromatic rings. The van der Waals surface area contributed by atoms with Gasteiger partial charge in [-0.2, -0.15) is 0 Å². The van der Waals surface area contributed by atoms with E-state index in [2.05, 4.69) is 40.6 Å². The number of anilines is 2. The van der Waals surface area contributed by atoms with Crippen LogP contribution in [0.25, 0.3) is 15.8 Å². The Balaban J connectivity index is 1.23. The molecule has 0 atom stereocenters. The Kier molecular flexibility index (Phi) is 8.52. The average molecular weight is 559 g/mol. The minimum absolute atomic E-state index is 0.0299. The molecule has 0 bridgehead atoms. The van der Waals surface area contributed by atoms with Crippen LogP contribution in [0, 0.1) is 5.82 Å². The smallest absolute Gasteiger partial charge is 0.233 e. The SMILES string of the molecule is CCCc1ccccc1NC(=O)CC(=O)Nc1ccc(Oc2ccnc3cc(C4=CCCN(C)C4)sc23)c(F)c1. The fourth-order valence-corrected chi connectivity index (χ4v) is 5.78. The summed E-state index contributed by atoms with van der Waals surface area (Å²) in [5.74, 6) is -1.06. The molecule has 9 heteroatoms. The molecule has 0 spiro atoms. The number of aryl methyl sites for hydroxylation is 1. The lowest BCUT2D eigenvalue weighted by atomic mass is 10.1. The molecule has 7 nitrogen and oxygen atoms in total.